The molecule has 0 bridgehead atoms. The molecule has 4 rings (SSSR count). The molecule has 2 aliphatic rings. The zero-order valence-electron chi connectivity index (χ0n) is 18.5. The van der Waals surface area contributed by atoms with E-state index in [0.29, 0.717) is 34.6 Å². The molecule has 3 heterocycles. The Balaban J connectivity index is 1.42. The summed E-state index contributed by atoms with van der Waals surface area (Å²) in [5.74, 6) is 1.17. The fourth-order valence-electron chi connectivity index (χ4n) is 5.01. The van der Waals surface area contributed by atoms with E-state index in [1.54, 1.807) is 18.2 Å². The lowest BCUT2D eigenvalue weighted by atomic mass is 9.92. The molecule has 1 amide bonds. The minimum absolute atomic E-state index is 0.148. The van der Waals surface area contributed by atoms with Crippen molar-refractivity contribution in [2.45, 2.75) is 46.2 Å². The average Bonchev–Trinajstić information content (AvgIpc) is 3.22. The predicted octanol–water partition coefficient (Wildman–Crippen LogP) is 3.58. The van der Waals surface area contributed by atoms with Gasteiger partial charge in [-0.15, -0.1) is 11.3 Å². The van der Waals surface area contributed by atoms with Crippen LogP contribution in [-0.4, -0.2) is 49.6 Å². The Morgan fingerprint density at radius 2 is 1.94 bits per heavy atom. The molecule has 0 radical (unpaired) electrons. The number of likely N-dealkylation sites (tertiary alicyclic amines) is 1. The first kappa shape index (κ1) is 22.2. The van der Waals surface area contributed by atoms with Gasteiger partial charge in [-0.3, -0.25) is 19.3 Å². The lowest BCUT2D eigenvalue weighted by molar-refractivity contribution is 0.102. The lowest BCUT2D eigenvalue weighted by Crippen LogP contribution is -2.38. The van der Waals surface area contributed by atoms with Crippen LogP contribution in [0.2, 0.25) is 0 Å². The maximum atomic E-state index is 12.8. The van der Waals surface area contributed by atoms with E-state index < -0.39 is 10.0 Å². The molecule has 7 nitrogen and oxygen atoms in total. The van der Waals surface area contributed by atoms with E-state index in [-0.39, 0.29) is 11.9 Å². The fourth-order valence-corrected chi connectivity index (χ4v) is 6.97. The van der Waals surface area contributed by atoms with E-state index in [2.05, 4.69) is 29.0 Å². The topological polar surface area (TPSA) is 82.6 Å². The Hall–Kier alpha value is -1.97. The molecule has 0 unspecified atom stereocenters. The van der Waals surface area contributed by atoms with Gasteiger partial charge in [0.2, 0.25) is 10.0 Å². The van der Waals surface area contributed by atoms with Crippen LogP contribution in [0.15, 0.2) is 23.6 Å². The Morgan fingerprint density at radius 1 is 1.23 bits per heavy atom. The molecule has 168 valence electrons. The second kappa shape index (κ2) is 8.52. The molecular formula is C22H30N4O3S2. The molecule has 31 heavy (non-hydrogen) atoms. The number of nitrogens with zero attached hydrogens (tertiary/aromatic N) is 3. The van der Waals surface area contributed by atoms with Crippen LogP contribution < -0.4 is 9.62 Å². The van der Waals surface area contributed by atoms with Crippen molar-refractivity contribution in [2.24, 2.45) is 11.8 Å². The van der Waals surface area contributed by atoms with E-state index in [0.717, 1.165) is 30.9 Å². The molecule has 1 aromatic carbocycles. The van der Waals surface area contributed by atoms with Crippen molar-refractivity contribution in [1.29, 1.82) is 0 Å². The van der Waals surface area contributed by atoms with Crippen molar-refractivity contribution in [1.82, 2.24) is 9.88 Å². The Labute approximate surface area is 188 Å². The molecule has 3 atom stereocenters. The summed E-state index contributed by atoms with van der Waals surface area (Å²) >= 11 is 1.44. The summed E-state index contributed by atoms with van der Waals surface area (Å²) in [4.78, 5) is 19.8. The summed E-state index contributed by atoms with van der Waals surface area (Å²) in [6.45, 7) is 9.44. The SMILES string of the molecule is C[C@@H]1C[C@H](C)CN(Cc2csc(NC(=O)c3ccc4c(c3)C[C@@H](C)N4S(C)(=O)=O)n2)C1. The van der Waals surface area contributed by atoms with Crippen LogP contribution in [0.1, 0.15) is 48.8 Å². The van der Waals surface area contributed by atoms with Crippen molar-refractivity contribution in [2.75, 3.05) is 29.0 Å². The van der Waals surface area contributed by atoms with Crippen molar-refractivity contribution >= 4 is 38.1 Å². The number of hydrogen-bond donors (Lipinski definition) is 1. The van der Waals surface area contributed by atoms with Gasteiger partial charge in [0.05, 0.1) is 17.6 Å². The normalized spacial score (nSPS) is 24.3. The average molecular weight is 463 g/mol. The number of fused-ring (bicyclic) bond motifs is 1. The number of carbonyl (C=O) groups is 1. The highest BCUT2D eigenvalue weighted by atomic mass is 32.2. The second-order valence-corrected chi connectivity index (χ2v) is 11.9. The van der Waals surface area contributed by atoms with Gasteiger partial charge in [-0.25, -0.2) is 13.4 Å². The molecule has 0 aliphatic carbocycles. The summed E-state index contributed by atoms with van der Waals surface area (Å²) < 4.78 is 25.6. The Bertz CT molecular complexity index is 1070. The number of benzene rings is 1. The standard InChI is InChI=1S/C22H30N4O3S2/c1-14-7-15(2)11-25(10-14)12-19-13-30-22(23-19)24-21(27)17-5-6-20-18(9-17)8-16(3)26(20)31(4,28)29/h5-6,9,13-16H,7-8,10-12H2,1-4H3,(H,23,24,27)/t14-,15+,16-/m1/s1. The summed E-state index contributed by atoms with van der Waals surface area (Å²) in [5.41, 5.74) is 3.02. The number of hydrogen-bond acceptors (Lipinski definition) is 6. The first-order valence-corrected chi connectivity index (χ1v) is 13.4. The molecule has 0 saturated carbocycles. The molecule has 2 aliphatic heterocycles. The van der Waals surface area contributed by atoms with E-state index in [1.165, 1.54) is 28.3 Å². The highest BCUT2D eigenvalue weighted by Gasteiger charge is 2.33. The van der Waals surface area contributed by atoms with Crippen molar-refractivity contribution in [3.8, 4) is 0 Å². The zero-order chi connectivity index (χ0) is 22.3. The first-order chi connectivity index (χ1) is 14.6. The number of carbonyl (C=O) groups excluding carboxylic acids is 1. The van der Waals surface area contributed by atoms with Gasteiger partial charge in [-0.2, -0.15) is 0 Å². The number of amides is 1. The maximum Gasteiger partial charge on any atom is 0.257 e. The van der Waals surface area contributed by atoms with Crippen LogP contribution in [-0.2, 0) is 23.0 Å². The third kappa shape index (κ3) is 4.94. The highest BCUT2D eigenvalue weighted by molar-refractivity contribution is 7.92. The third-order valence-corrected chi connectivity index (χ3v) is 8.03. The minimum Gasteiger partial charge on any atom is -0.298 e. The summed E-state index contributed by atoms with van der Waals surface area (Å²) in [6.07, 6.45) is 3.08. The quantitative estimate of drug-likeness (QED) is 0.734. The molecule has 9 heteroatoms. The highest BCUT2D eigenvalue weighted by Crippen LogP contribution is 2.35. The lowest BCUT2D eigenvalue weighted by Gasteiger charge is -2.34. The number of anilines is 2. The molecule has 1 aromatic heterocycles. The zero-order valence-corrected chi connectivity index (χ0v) is 20.1. The van der Waals surface area contributed by atoms with Crippen LogP contribution in [0.25, 0.3) is 0 Å². The van der Waals surface area contributed by atoms with E-state index in [9.17, 15) is 13.2 Å². The van der Waals surface area contributed by atoms with Crippen LogP contribution in [0, 0.1) is 11.8 Å². The van der Waals surface area contributed by atoms with Crippen LogP contribution in [0.4, 0.5) is 10.8 Å². The largest absolute Gasteiger partial charge is 0.298 e. The first-order valence-electron chi connectivity index (χ1n) is 10.7. The minimum atomic E-state index is -3.34. The number of sulfonamides is 1. The van der Waals surface area contributed by atoms with E-state index >= 15 is 0 Å². The number of nitrogens with one attached hydrogen (secondary N) is 1. The van der Waals surface area contributed by atoms with Gasteiger partial charge in [0, 0.05) is 36.6 Å². The van der Waals surface area contributed by atoms with Gasteiger partial charge in [-0.1, -0.05) is 13.8 Å². The maximum absolute atomic E-state index is 12.8. The number of aromatic nitrogens is 1. The van der Waals surface area contributed by atoms with Crippen LogP contribution in [0.5, 0.6) is 0 Å². The Morgan fingerprint density at radius 3 is 2.61 bits per heavy atom. The molecule has 0 spiro atoms. The summed E-state index contributed by atoms with van der Waals surface area (Å²) in [6, 6.07) is 5.04. The monoisotopic (exact) mass is 462 g/mol. The van der Waals surface area contributed by atoms with Gasteiger partial charge >= 0.3 is 0 Å². The number of rotatable bonds is 5. The van der Waals surface area contributed by atoms with Crippen LogP contribution in [0.3, 0.4) is 0 Å². The summed E-state index contributed by atoms with van der Waals surface area (Å²) in [5, 5.41) is 5.49. The Kier molecular flexibility index (Phi) is 6.11. The van der Waals surface area contributed by atoms with Crippen molar-refractivity contribution < 1.29 is 13.2 Å². The smallest absolute Gasteiger partial charge is 0.257 e. The molecule has 1 fully saturated rings. The number of thiazole rings is 1. The third-order valence-electron chi connectivity index (χ3n) is 5.95. The molecule has 1 saturated heterocycles. The van der Waals surface area contributed by atoms with Crippen LogP contribution >= 0.6 is 11.3 Å². The molecule has 2 aromatic rings. The van der Waals surface area contributed by atoms with Gasteiger partial charge in [0.15, 0.2) is 5.13 Å². The van der Waals surface area contributed by atoms with E-state index in [4.69, 9.17) is 0 Å². The second-order valence-electron chi connectivity index (χ2n) is 9.19. The van der Waals surface area contributed by atoms with Gasteiger partial charge in [-0.05, 0) is 55.4 Å². The van der Waals surface area contributed by atoms with Gasteiger partial charge in [0.1, 0.15) is 0 Å². The molecular weight excluding hydrogens is 432 g/mol. The number of piperidine rings is 1. The predicted molar refractivity (Wildman–Crippen MR) is 125 cm³/mol. The van der Waals surface area contributed by atoms with Gasteiger partial charge in [0.25, 0.3) is 5.91 Å². The van der Waals surface area contributed by atoms with Crippen molar-refractivity contribution in [3.63, 3.8) is 0 Å². The van der Waals surface area contributed by atoms with E-state index in [1.807, 2.05) is 12.3 Å². The fraction of sp³-hybridized carbons (Fsp3) is 0.545. The molecule has 1 N–H and O–H groups in total. The van der Waals surface area contributed by atoms with Crippen molar-refractivity contribution in [3.05, 3.63) is 40.4 Å². The van der Waals surface area contributed by atoms with Gasteiger partial charge < -0.3 is 0 Å². The summed E-state index contributed by atoms with van der Waals surface area (Å²) in [7, 11) is -3.34.